The number of hydrogen-bond donors (Lipinski definition) is 1. The maximum Gasteiger partial charge on any atom is 0.390 e. The molecular formula is C17H18F3N. The normalized spacial score (nSPS) is 13.1. The topological polar surface area (TPSA) is 12.0 Å². The zero-order valence-corrected chi connectivity index (χ0v) is 11.8. The lowest BCUT2D eigenvalue weighted by Gasteiger charge is -2.21. The molecule has 1 unspecified atom stereocenters. The van der Waals surface area contributed by atoms with Gasteiger partial charge in [0.15, 0.2) is 0 Å². The van der Waals surface area contributed by atoms with Gasteiger partial charge in [-0.1, -0.05) is 60.2 Å². The zero-order valence-electron chi connectivity index (χ0n) is 11.8. The van der Waals surface area contributed by atoms with Crippen molar-refractivity contribution < 1.29 is 13.2 Å². The van der Waals surface area contributed by atoms with Crippen molar-refractivity contribution in [3.05, 3.63) is 71.3 Å². The SMILES string of the molecule is Cc1cccc(CNC(CC(F)(F)F)c2ccccc2)c1. The van der Waals surface area contributed by atoms with Gasteiger partial charge in [-0.05, 0) is 18.1 Å². The van der Waals surface area contributed by atoms with E-state index < -0.39 is 18.6 Å². The van der Waals surface area contributed by atoms with Crippen LogP contribution < -0.4 is 5.32 Å². The maximum absolute atomic E-state index is 12.7. The van der Waals surface area contributed by atoms with Gasteiger partial charge in [-0.3, -0.25) is 0 Å². The highest BCUT2D eigenvalue weighted by molar-refractivity contribution is 5.23. The Labute approximate surface area is 122 Å². The van der Waals surface area contributed by atoms with Gasteiger partial charge in [0.25, 0.3) is 0 Å². The average Bonchev–Trinajstić information content (AvgIpc) is 2.43. The fraction of sp³-hybridized carbons (Fsp3) is 0.294. The Hall–Kier alpha value is -1.81. The van der Waals surface area contributed by atoms with Gasteiger partial charge < -0.3 is 5.32 Å². The van der Waals surface area contributed by atoms with E-state index in [1.807, 2.05) is 31.2 Å². The number of nitrogens with one attached hydrogen (secondary N) is 1. The molecule has 1 atom stereocenters. The molecule has 0 aromatic heterocycles. The summed E-state index contributed by atoms with van der Waals surface area (Å²) in [5.41, 5.74) is 2.74. The predicted octanol–water partition coefficient (Wildman–Crippen LogP) is 4.78. The Morgan fingerprint density at radius 3 is 2.33 bits per heavy atom. The minimum atomic E-state index is -4.19. The van der Waals surface area contributed by atoms with Crippen LogP contribution in [0.15, 0.2) is 54.6 Å². The first-order valence-electron chi connectivity index (χ1n) is 6.85. The van der Waals surface area contributed by atoms with Crippen LogP contribution in [0.5, 0.6) is 0 Å². The van der Waals surface area contributed by atoms with Gasteiger partial charge in [-0.25, -0.2) is 0 Å². The molecule has 0 heterocycles. The molecule has 1 nitrogen and oxygen atoms in total. The molecule has 2 aromatic carbocycles. The standard InChI is InChI=1S/C17H18F3N/c1-13-6-5-7-14(10-13)12-21-16(11-17(18,19)20)15-8-3-2-4-9-15/h2-10,16,21H,11-12H2,1H3. The number of rotatable bonds is 5. The van der Waals surface area contributed by atoms with Crippen LogP contribution in [-0.4, -0.2) is 6.18 Å². The fourth-order valence-electron chi connectivity index (χ4n) is 2.29. The second kappa shape index (κ2) is 6.76. The third-order valence-electron chi connectivity index (χ3n) is 3.27. The van der Waals surface area contributed by atoms with Crippen molar-refractivity contribution in [3.63, 3.8) is 0 Å². The molecule has 1 N–H and O–H groups in total. The van der Waals surface area contributed by atoms with Crippen LogP contribution in [0.25, 0.3) is 0 Å². The summed E-state index contributed by atoms with van der Waals surface area (Å²) in [5, 5.41) is 3.02. The first-order chi connectivity index (χ1) is 9.94. The molecule has 0 amide bonds. The van der Waals surface area contributed by atoms with Gasteiger partial charge in [-0.2, -0.15) is 13.2 Å². The second-order valence-electron chi connectivity index (χ2n) is 5.15. The lowest BCUT2D eigenvalue weighted by atomic mass is 10.0. The van der Waals surface area contributed by atoms with Crippen molar-refractivity contribution in [2.75, 3.05) is 0 Å². The van der Waals surface area contributed by atoms with Crippen LogP contribution in [0.1, 0.15) is 29.2 Å². The largest absolute Gasteiger partial charge is 0.390 e. The Kier molecular flexibility index (Phi) is 5.02. The van der Waals surface area contributed by atoms with Gasteiger partial charge in [0.2, 0.25) is 0 Å². The molecule has 0 radical (unpaired) electrons. The lowest BCUT2D eigenvalue weighted by molar-refractivity contribution is -0.140. The van der Waals surface area contributed by atoms with Gasteiger partial charge in [0, 0.05) is 12.6 Å². The number of hydrogen-bond acceptors (Lipinski definition) is 1. The number of halogens is 3. The summed E-state index contributed by atoms with van der Waals surface area (Å²) in [5.74, 6) is 0. The Morgan fingerprint density at radius 2 is 1.71 bits per heavy atom. The van der Waals surface area contributed by atoms with Crippen molar-refractivity contribution in [2.24, 2.45) is 0 Å². The predicted molar refractivity (Wildman–Crippen MR) is 77.9 cm³/mol. The summed E-state index contributed by atoms with van der Waals surface area (Å²) in [6, 6.07) is 15.8. The molecule has 0 bridgehead atoms. The van der Waals surface area contributed by atoms with E-state index in [0.717, 1.165) is 11.1 Å². The molecule has 4 heteroatoms. The van der Waals surface area contributed by atoms with Crippen molar-refractivity contribution in [1.29, 1.82) is 0 Å². The van der Waals surface area contributed by atoms with E-state index in [4.69, 9.17) is 0 Å². The Bertz CT molecular complexity index is 564. The molecule has 2 aromatic rings. The molecule has 2 rings (SSSR count). The van der Waals surface area contributed by atoms with E-state index in [1.54, 1.807) is 30.3 Å². The van der Waals surface area contributed by atoms with E-state index in [0.29, 0.717) is 12.1 Å². The minimum Gasteiger partial charge on any atom is -0.306 e. The fourth-order valence-corrected chi connectivity index (χ4v) is 2.29. The quantitative estimate of drug-likeness (QED) is 0.836. The molecule has 0 fully saturated rings. The number of alkyl halides is 3. The first kappa shape index (κ1) is 15.6. The smallest absolute Gasteiger partial charge is 0.306 e. The molecule has 0 aliphatic rings. The summed E-state index contributed by atoms with van der Waals surface area (Å²) >= 11 is 0. The zero-order chi connectivity index (χ0) is 15.3. The monoisotopic (exact) mass is 293 g/mol. The van der Waals surface area contributed by atoms with E-state index in [2.05, 4.69) is 5.32 Å². The van der Waals surface area contributed by atoms with Crippen molar-refractivity contribution >= 4 is 0 Å². The Morgan fingerprint density at radius 1 is 1.00 bits per heavy atom. The molecule has 112 valence electrons. The van der Waals surface area contributed by atoms with Crippen LogP contribution in [0, 0.1) is 6.92 Å². The van der Waals surface area contributed by atoms with Crippen LogP contribution in [0.4, 0.5) is 13.2 Å². The van der Waals surface area contributed by atoms with E-state index >= 15 is 0 Å². The summed E-state index contributed by atoms with van der Waals surface area (Å²) < 4.78 is 38.2. The van der Waals surface area contributed by atoms with Crippen LogP contribution in [-0.2, 0) is 6.54 Å². The number of benzene rings is 2. The second-order valence-corrected chi connectivity index (χ2v) is 5.15. The molecule has 0 saturated heterocycles. The van der Waals surface area contributed by atoms with Gasteiger partial charge in [-0.15, -0.1) is 0 Å². The molecule has 0 aliphatic heterocycles. The van der Waals surface area contributed by atoms with Gasteiger partial charge >= 0.3 is 6.18 Å². The average molecular weight is 293 g/mol. The van der Waals surface area contributed by atoms with E-state index in [9.17, 15) is 13.2 Å². The molecule has 0 aliphatic carbocycles. The summed E-state index contributed by atoms with van der Waals surface area (Å²) in [6.45, 7) is 2.38. The van der Waals surface area contributed by atoms with Gasteiger partial charge in [0.05, 0.1) is 6.42 Å². The van der Waals surface area contributed by atoms with Crippen molar-refractivity contribution in [2.45, 2.75) is 32.1 Å². The summed E-state index contributed by atoms with van der Waals surface area (Å²) in [6.07, 6.45) is -5.07. The van der Waals surface area contributed by atoms with Crippen molar-refractivity contribution in [3.8, 4) is 0 Å². The number of aryl methyl sites for hydroxylation is 1. The summed E-state index contributed by atoms with van der Waals surface area (Å²) in [7, 11) is 0. The van der Waals surface area contributed by atoms with E-state index in [-0.39, 0.29) is 0 Å². The third kappa shape index (κ3) is 5.23. The highest BCUT2D eigenvalue weighted by atomic mass is 19.4. The van der Waals surface area contributed by atoms with Crippen LogP contribution in [0.3, 0.4) is 0 Å². The molecule has 0 spiro atoms. The highest BCUT2D eigenvalue weighted by Crippen LogP contribution is 2.29. The molecule has 21 heavy (non-hydrogen) atoms. The Balaban J connectivity index is 2.09. The maximum atomic E-state index is 12.7. The third-order valence-corrected chi connectivity index (χ3v) is 3.27. The van der Waals surface area contributed by atoms with Crippen LogP contribution in [0.2, 0.25) is 0 Å². The molecule has 0 saturated carbocycles. The summed E-state index contributed by atoms with van der Waals surface area (Å²) in [4.78, 5) is 0. The molecular weight excluding hydrogens is 275 g/mol. The van der Waals surface area contributed by atoms with Gasteiger partial charge in [0.1, 0.15) is 0 Å². The van der Waals surface area contributed by atoms with Crippen LogP contribution >= 0.6 is 0 Å². The minimum absolute atomic E-state index is 0.414. The van der Waals surface area contributed by atoms with E-state index in [1.165, 1.54) is 0 Å². The highest BCUT2D eigenvalue weighted by Gasteiger charge is 2.32. The first-order valence-corrected chi connectivity index (χ1v) is 6.85. The lowest BCUT2D eigenvalue weighted by Crippen LogP contribution is -2.26. The van der Waals surface area contributed by atoms with Crippen molar-refractivity contribution in [1.82, 2.24) is 5.32 Å².